The lowest BCUT2D eigenvalue weighted by Gasteiger charge is -2.15. The van der Waals surface area contributed by atoms with Crippen molar-refractivity contribution in [3.05, 3.63) is 45.7 Å². The first-order chi connectivity index (χ1) is 11.0. The molecule has 0 unspecified atom stereocenters. The number of ether oxygens (including phenoxy) is 2. The van der Waals surface area contributed by atoms with Crippen LogP contribution in [0.3, 0.4) is 0 Å². The first-order valence-electron chi connectivity index (χ1n) is 6.81. The lowest BCUT2D eigenvalue weighted by atomic mass is 10.1. The third-order valence-corrected chi connectivity index (χ3v) is 4.43. The molecule has 0 spiro atoms. The van der Waals surface area contributed by atoms with Gasteiger partial charge in [-0.2, -0.15) is 0 Å². The van der Waals surface area contributed by atoms with Crippen LogP contribution in [-0.4, -0.2) is 17.8 Å². The molecule has 0 bridgehead atoms. The number of pyridine rings is 1. The number of fused-ring (bicyclic) bond motifs is 1. The van der Waals surface area contributed by atoms with Crippen molar-refractivity contribution in [2.75, 3.05) is 12.1 Å². The molecule has 8 heteroatoms. The maximum Gasteiger partial charge on any atom is 0.319 e. The highest BCUT2D eigenvalue weighted by Gasteiger charge is 2.17. The van der Waals surface area contributed by atoms with Crippen LogP contribution in [0.15, 0.2) is 34.9 Å². The maximum absolute atomic E-state index is 12.1. The van der Waals surface area contributed by atoms with E-state index in [0.29, 0.717) is 26.8 Å². The fraction of sp³-hybridized carbons (Fsp3) is 0.200. The topological polar surface area (TPSA) is 72.5 Å². The summed E-state index contributed by atoms with van der Waals surface area (Å²) in [5.74, 6) is 1.39. The SMILES string of the molecule is C[C@H](NC(=O)Nc1cnc(Cl)c(Br)c1)c1ccc2c(c1)OCO2. The monoisotopic (exact) mass is 397 g/mol. The standard InChI is InChI=1S/C15H13BrClN3O3/c1-8(9-2-3-12-13(4-9)23-7-22-12)19-15(21)20-10-5-11(16)14(17)18-6-10/h2-6,8H,7H2,1H3,(H2,19,20,21)/t8-/m0/s1. The Morgan fingerprint density at radius 1 is 1.35 bits per heavy atom. The van der Waals surface area contributed by atoms with Crippen molar-refractivity contribution in [1.82, 2.24) is 10.3 Å². The number of carbonyl (C=O) groups excluding carboxylic acids is 1. The van der Waals surface area contributed by atoms with E-state index in [1.54, 1.807) is 6.07 Å². The molecule has 120 valence electrons. The lowest BCUT2D eigenvalue weighted by molar-refractivity contribution is 0.174. The number of halogens is 2. The number of amides is 2. The normalized spacial score (nSPS) is 13.5. The Morgan fingerprint density at radius 2 is 2.13 bits per heavy atom. The average molecular weight is 399 g/mol. The van der Waals surface area contributed by atoms with Gasteiger partial charge in [0.15, 0.2) is 11.5 Å². The van der Waals surface area contributed by atoms with Crippen LogP contribution in [0.5, 0.6) is 11.5 Å². The van der Waals surface area contributed by atoms with Crippen LogP contribution in [-0.2, 0) is 0 Å². The van der Waals surface area contributed by atoms with Gasteiger partial charge in [0.05, 0.1) is 22.4 Å². The number of urea groups is 1. The Bertz CT molecular complexity index is 757. The number of hydrogen-bond acceptors (Lipinski definition) is 4. The molecule has 2 aromatic rings. The molecule has 1 atom stereocenters. The van der Waals surface area contributed by atoms with Gasteiger partial charge in [-0.15, -0.1) is 0 Å². The van der Waals surface area contributed by atoms with E-state index in [9.17, 15) is 4.79 Å². The Kier molecular flexibility index (Phi) is 4.58. The second-order valence-electron chi connectivity index (χ2n) is 4.93. The molecule has 23 heavy (non-hydrogen) atoms. The van der Waals surface area contributed by atoms with Gasteiger partial charge in [0.2, 0.25) is 6.79 Å². The van der Waals surface area contributed by atoms with Gasteiger partial charge in [0, 0.05) is 0 Å². The molecule has 0 aliphatic carbocycles. The Hall–Kier alpha value is -1.99. The quantitative estimate of drug-likeness (QED) is 0.763. The minimum absolute atomic E-state index is 0.201. The summed E-state index contributed by atoms with van der Waals surface area (Å²) in [6.07, 6.45) is 1.48. The van der Waals surface area contributed by atoms with Gasteiger partial charge < -0.3 is 20.1 Å². The van der Waals surface area contributed by atoms with E-state index in [1.165, 1.54) is 6.20 Å². The largest absolute Gasteiger partial charge is 0.454 e. The van der Waals surface area contributed by atoms with Crippen LogP contribution in [0.2, 0.25) is 5.15 Å². The molecule has 1 aliphatic heterocycles. The van der Waals surface area contributed by atoms with E-state index in [4.69, 9.17) is 21.1 Å². The van der Waals surface area contributed by atoms with Crippen molar-refractivity contribution in [2.24, 2.45) is 0 Å². The van der Waals surface area contributed by atoms with Crippen LogP contribution >= 0.6 is 27.5 Å². The number of carbonyl (C=O) groups is 1. The number of anilines is 1. The van der Waals surface area contributed by atoms with E-state index in [0.717, 1.165) is 5.56 Å². The molecule has 0 saturated carbocycles. The third-order valence-electron chi connectivity index (χ3n) is 3.30. The Labute approximate surface area is 146 Å². The number of benzene rings is 1. The van der Waals surface area contributed by atoms with Crippen LogP contribution in [0.4, 0.5) is 10.5 Å². The number of nitrogens with zero attached hydrogens (tertiary/aromatic N) is 1. The van der Waals surface area contributed by atoms with E-state index < -0.39 is 0 Å². The zero-order valence-corrected chi connectivity index (χ0v) is 14.4. The summed E-state index contributed by atoms with van der Waals surface area (Å²) in [5, 5.41) is 5.89. The van der Waals surface area contributed by atoms with Crippen LogP contribution in [0.1, 0.15) is 18.5 Å². The molecule has 0 saturated heterocycles. The van der Waals surface area contributed by atoms with Crippen molar-refractivity contribution < 1.29 is 14.3 Å². The minimum atomic E-state index is -0.341. The van der Waals surface area contributed by atoms with Gasteiger partial charge >= 0.3 is 6.03 Å². The Morgan fingerprint density at radius 3 is 2.91 bits per heavy atom. The molecule has 1 aromatic heterocycles. The summed E-state index contributed by atoms with van der Waals surface area (Å²) >= 11 is 9.08. The highest BCUT2D eigenvalue weighted by atomic mass is 79.9. The molecule has 2 amide bonds. The molecule has 3 rings (SSSR count). The van der Waals surface area contributed by atoms with E-state index >= 15 is 0 Å². The van der Waals surface area contributed by atoms with E-state index in [-0.39, 0.29) is 18.9 Å². The van der Waals surface area contributed by atoms with E-state index in [2.05, 4.69) is 31.5 Å². The molecule has 2 heterocycles. The van der Waals surface area contributed by atoms with Gasteiger partial charge in [0.1, 0.15) is 5.15 Å². The van der Waals surface area contributed by atoms with Gasteiger partial charge in [-0.3, -0.25) is 0 Å². The minimum Gasteiger partial charge on any atom is -0.454 e. The third kappa shape index (κ3) is 3.68. The molecule has 1 aromatic carbocycles. The summed E-state index contributed by atoms with van der Waals surface area (Å²) in [4.78, 5) is 16.0. The molecule has 0 fully saturated rings. The first-order valence-corrected chi connectivity index (χ1v) is 7.98. The summed E-state index contributed by atoms with van der Waals surface area (Å²) < 4.78 is 11.2. The van der Waals surface area contributed by atoms with E-state index in [1.807, 2.05) is 25.1 Å². The molecule has 0 radical (unpaired) electrons. The van der Waals surface area contributed by atoms with Crippen molar-refractivity contribution in [3.8, 4) is 11.5 Å². The fourth-order valence-corrected chi connectivity index (χ4v) is 2.57. The molecule has 6 nitrogen and oxygen atoms in total. The van der Waals surface area contributed by atoms with Crippen molar-refractivity contribution >= 4 is 39.2 Å². The predicted octanol–water partition coefficient (Wildman–Crippen LogP) is 4.11. The van der Waals surface area contributed by atoms with Gasteiger partial charge in [-0.1, -0.05) is 17.7 Å². The number of hydrogen-bond donors (Lipinski definition) is 2. The first kappa shape index (κ1) is 15.9. The smallest absolute Gasteiger partial charge is 0.319 e. The second kappa shape index (κ2) is 6.64. The van der Waals surface area contributed by atoms with Crippen molar-refractivity contribution in [2.45, 2.75) is 13.0 Å². The van der Waals surface area contributed by atoms with Gasteiger partial charge in [-0.05, 0) is 46.6 Å². The number of rotatable bonds is 3. The summed E-state index contributed by atoms with van der Waals surface area (Å²) in [5.41, 5.74) is 1.46. The lowest BCUT2D eigenvalue weighted by Crippen LogP contribution is -2.31. The van der Waals surface area contributed by atoms with Crippen LogP contribution < -0.4 is 20.1 Å². The van der Waals surface area contributed by atoms with Crippen LogP contribution in [0.25, 0.3) is 0 Å². The summed E-state index contributed by atoms with van der Waals surface area (Å²) in [7, 11) is 0. The predicted molar refractivity (Wildman–Crippen MR) is 90.1 cm³/mol. The zero-order chi connectivity index (χ0) is 16.4. The molecular formula is C15H13BrClN3O3. The summed E-state index contributed by atoms with van der Waals surface area (Å²) in [6, 6.07) is 6.71. The number of aromatic nitrogens is 1. The van der Waals surface area contributed by atoms with Gasteiger partial charge in [-0.25, -0.2) is 9.78 Å². The van der Waals surface area contributed by atoms with Crippen molar-refractivity contribution in [3.63, 3.8) is 0 Å². The maximum atomic E-state index is 12.1. The highest BCUT2D eigenvalue weighted by Crippen LogP contribution is 2.34. The zero-order valence-electron chi connectivity index (χ0n) is 12.1. The molecular weight excluding hydrogens is 386 g/mol. The second-order valence-corrected chi connectivity index (χ2v) is 6.14. The molecule has 1 aliphatic rings. The molecule has 2 N–H and O–H groups in total. The fourth-order valence-electron chi connectivity index (χ4n) is 2.12. The highest BCUT2D eigenvalue weighted by molar-refractivity contribution is 9.10. The summed E-state index contributed by atoms with van der Waals surface area (Å²) in [6.45, 7) is 2.10. The number of nitrogens with one attached hydrogen (secondary N) is 2. The average Bonchev–Trinajstić information content (AvgIpc) is 2.98. The van der Waals surface area contributed by atoms with Gasteiger partial charge in [0.25, 0.3) is 0 Å². The Balaban J connectivity index is 1.64. The van der Waals surface area contributed by atoms with Crippen molar-refractivity contribution in [1.29, 1.82) is 0 Å². The van der Waals surface area contributed by atoms with Crippen LogP contribution in [0, 0.1) is 0 Å².